The number of rotatable bonds is 7. The van der Waals surface area contributed by atoms with Crippen LogP contribution in [0.2, 0.25) is 0 Å². The smallest absolute Gasteiger partial charge is 0.0619 e. The molecule has 1 heterocycles. The van der Waals surface area contributed by atoms with Gasteiger partial charge in [0.05, 0.1) is 22.4 Å². The number of benzene rings is 12. The lowest BCUT2D eigenvalue weighted by atomic mass is 9.90. The van der Waals surface area contributed by atoms with E-state index in [0.717, 1.165) is 33.9 Å². The molecule has 0 fully saturated rings. The van der Waals surface area contributed by atoms with E-state index < -0.39 is 0 Å². The molecule has 66 heavy (non-hydrogen) atoms. The number of hydrogen-bond donors (Lipinski definition) is 0. The first kappa shape index (κ1) is 37.8. The number of anilines is 3. The van der Waals surface area contributed by atoms with Crippen LogP contribution in [-0.4, -0.2) is 4.57 Å². The zero-order valence-corrected chi connectivity index (χ0v) is 36.1. The maximum atomic E-state index is 2.49. The van der Waals surface area contributed by atoms with Crippen LogP contribution in [0.25, 0.3) is 104 Å². The van der Waals surface area contributed by atoms with Gasteiger partial charge in [0.15, 0.2) is 0 Å². The normalized spacial score (nSPS) is 11.6. The van der Waals surface area contributed by atoms with Crippen LogP contribution in [0.1, 0.15) is 0 Å². The van der Waals surface area contributed by atoms with Gasteiger partial charge in [-0.25, -0.2) is 0 Å². The molecule has 1 aromatic heterocycles. The van der Waals surface area contributed by atoms with Crippen molar-refractivity contribution in [2.45, 2.75) is 0 Å². The summed E-state index contributed by atoms with van der Waals surface area (Å²) in [4.78, 5) is 2.43. The number of para-hydroxylation sites is 3. The largest absolute Gasteiger partial charge is 0.310 e. The number of aromatic nitrogens is 1. The van der Waals surface area contributed by atoms with Gasteiger partial charge in [0.2, 0.25) is 0 Å². The third kappa shape index (κ3) is 6.11. The van der Waals surface area contributed by atoms with Crippen molar-refractivity contribution in [3.63, 3.8) is 0 Å². The SMILES string of the molecule is c1ccc(-c2ccc(N(c3ccc(-c4cc5ccc6ccccc6c5c5ccccc45)cc3)c3ccccc3-c3ccccc3-n3c4ccccc4c4ccc5ccccc5c43)cc2)cc1. The zero-order valence-electron chi connectivity index (χ0n) is 36.1. The van der Waals surface area contributed by atoms with E-state index in [0.29, 0.717) is 0 Å². The van der Waals surface area contributed by atoms with E-state index in [2.05, 4.69) is 264 Å². The lowest BCUT2D eigenvalue weighted by molar-refractivity contribution is 1.18. The fourth-order valence-electron chi connectivity index (χ4n) is 10.5. The first-order chi connectivity index (χ1) is 32.8. The van der Waals surface area contributed by atoms with Crippen molar-refractivity contribution >= 4 is 82.0 Å². The molecule has 0 atom stereocenters. The molecule has 0 aliphatic rings. The number of nitrogens with zero attached hydrogens (tertiary/aromatic N) is 2. The first-order valence-corrected chi connectivity index (χ1v) is 22.8. The Kier molecular flexibility index (Phi) is 8.89. The predicted octanol–water partition coefficient (Wildman–Crippen LogP) is 17.9. The Morgan fingerprint density at radius 2 is 0.818 bits per heavy atom. The van der Waals surface area contributed by atoms with Crippen LogP contribution in [0.4, 0.5) is 17.1 Å². The van der Waals surface area contributed by atoms with Crippen molar-refractivity contribution in [1.29, 1.82) is 0 Å². The molecule has 2 nitrogen and oxygen atoms in total. The third-order valence-electron chi connectivity index (χ3n) is 13.6. The van der Waals surface area contributed by atoms with E-state index in [1.807, 2.05) is 0 Å². The fourth-order valence-corrected chi connectivity index (χ4v) is 10.5. The molecule has 0 aliphatic carbocycles. The molecule has 0 saturated heterocycles. The summed E-state index contributed by atoms with van der Waals surface area (Å²) in [6.45, 7) is 0. The highest BCUT2D eigenvalue weighted by molar-refractivity contribution is 6.23. The topological polar surface area (TPSA) is 8.17 Å². The summed E-state index contributed by atoms with van der Waals surface area (Å²) in [5, 5.41) is 12.6. The van der Waals surface area contributed by atoms with Gasteiger partial charge in [0.25, 0.3) is 0 Å². The lowest BCUT2D eigenvalue weighted by Gasteiger charge is -2.29. The second-order valence-electron chi connectivity index (χ2n) is 17.2. The maximum absolute atomic E-state index is 2.49. The van der Waals surface area contributed by atoms with E-state index >= 15 is 0 Å². The number of fused-ring (bicyclic) bond motifs is 10. The van der Waals surface area contributed by atoms with Crippen LogP contribution in [0, 0.1) is 0 Å². The van der Waals surface area contributed by atoms with Crippen LogP contribution >= 0.6 is 0 Å². The van der Waals surface area contributed by atoms with E-state index in [-0.39, 0.29) is 0 Å². The Morgan fingerprint density at radius 1 is 0.288 bits per heavy atom. The molecule has 308 valence electrons. The minimum atomic E-state index is 1.08. The van der Waals surface area contributed by atoms with Gasteiger partial charge in [0, 0.05) is 38.7 Å². The summed E-state index contributed by atoms with van der Waals surface area (Å²) in [5.41, 5.74) is 13.9. The van der Waals surface area contributed by atoms with Crippen molar-refractivity contribution in [3.05, 3.63) is 255 Å². The highest BCUT2D eigenvalue weighted by Crippen LogP contribution is 2.46. The molecular formula is C64H42N2. The monoisotopic (exact) mass is 838 g/mol. The lowest BCUT2D eigenvalue weighted by Crippen LogP contribution is -2.11. The molecule has 0 radical (unpaired) electrons. The van der Waals surface area contributed by atoms with Crippen molar-refractivity contribution < 1.29 is 0 Å². The second-order valence-corrected chi connectivity index (χ2v) is 17.2. The summed E-state index contributed by atoms with van der Waals surface area (Å²) in [7, 11) is 0. The van der Waals surface area contributed by atoms with Gasteiger partial charge >= 0.3 is 0 Å². The molecule has 0 aliphatic heterocycles. The Balaban J connectivity index is 1.00. The van der Waals surface area contributed by atoms with Crippen molar-refractivity contribution in [2.24, 2.45) is 0 Å². The maximum Gasteiger partial charge on any atom is 0.0619 e. The summed E-state index contributed by atoms with van der Waals surface area (Å²) in [5.74, 6) is 0. The zero-order chi connectivity index (χ0) is 43.6. The summed E-state index contributed by atoms with van der Waals surface area (Å²) in [6.07, 6.45) is 0. The quantitative estimate of drug-likeness (QED) is 0.145. The van der Waals surface area contributed by atoms with E-state index in [1.165, 1.54) is 87.1 Å². The summed E-state index contributed by atoms with van der Waals surface area (Å²) >= 11 is 0. The predicted molar refractivity (Wildman–Crippen MR) is 282 cm³/mol. The molecule has 0 unspecified atom stereocenters. The van der Waals surface area contributed by atoms with E-state index in [4.69, 9.17) is 0 Å². The number of hydrogen-bond acceptors (Lipinski definition) is 1. The standard InChI is InChI=1S/C64H42N2/c1-2-16-43(17-3-1)44-32-37-49(38-33-44)65(50-39-34-47(35-40-50)59-42-48-31-30-45-18-4-6-20-51(45)63(48)57-26-9-8-22-53(57)59)60-27-13-10-23-54(60)55-24-11-14-28-61(55)66-62-29-15-12-25-56(62)58-41-36-46-19-5-7-21-52(46)64(58)66/h1-42H. The van der Waals surface area contributed by atoms with Crippen LogP contribution in [0.5, 0.6) is 0 Å². The summed E-state index contributed by atoms with van der Waals surface area (Å²) < 4.78 is 2.49. The minimum Gasteiger partial charge on any atom is -0.310 e. The van der Waals surface area contributed by atoms with Crippen LogP contribution in [0.15, 0.2) is 255 Å². The Labute approximate surface area is 383 Å². The summed E-state index contributed by atoms with van der Waals surface area (Å²) in [6, 6.07) is 93.3. The van der Waals surface area contributed by atoms with Gasteiger partial charge in [-0.05, 0) is 108 Å². The van der Waals surface area contributed by atoms with Gasteiger partial charge in [-0.2, -0.15) is 0 Å². The second kappa shape index (κ2) is 15.5. The van der Waals surface area contributed by atoms with Gasteiger partial charge in [0.1, 0.15) is 0 Å². The van der Waals surface area contributed by atoms with Gasteiger partial charge in [-0.1, -0.05) is 206 Å². The molecule has 12 aromatic carbocycles. The van der Waals surface area contributed by atoms with Crippen LogP contribution < -0.4 is 4.90 Å². The van der Waals surface area contributed by atoms with Crippen molar-refractivity contribution in [2.75, 3.05) is 4.90 Å². The Morgan fingerprint density at radius 3 is 1.59 bits per heavy atom. The molecule has 0 N–H and O–H groups in total. The molecule has 0 spiro atoms. The molecule has 13 rings (SSSR count). The molecule has 0 saturated carbocycles. The highest BCUT2D eigenvalue weighted by atomic mass is 15.1. The van der Waals surface area contributed by atoms with Crippen molar-refractivity contribution in [1.82, 2.24) is 4.57 Å². The first-order valence-electron chi connectivity index (χ1n) is 22.8. The van der Waals surface area contributed by atoms with Crippen LogP contribution in [-0.2, 0) is 0 Å². The average Bonchev–Trinajstić information content (AvgIpc) is 3.74. The average molecular weight is 839 g/mol. The fraction of sp³-hybridized carbons (Fsp3) is 0. The molecule has 2 heteroatoms. The Bertz CT molecular complexity index is 3970. The van der Waals surface area contributed by atoms with Crippen molar-refractivity contribution in [3.8, 4) is 39.1 Å². The Hall–Kier alpha value is -8.72. The third-order valence-corrected chi connectivity index (χ3v) is 13.6. The molecule has 0 bridgehead atoms. The van der Waals surface area contributed by atoms with Gasteiger partial charge < -0.3 is 9.47 Å². The van der Waals surface area contributed by atoms with E-state index in [9.17, 15) is 0 Å². The van der Waals surface area contributed by atoms with Gasteiger partial charge in [-0.15, -0.1) is 0 Å². The molecule has 13 aromatic rings. The minimum absolute atomic E-state index is 1.08. The highest BCUT2D eigenvalue weighted by Gasteiger charge is 2.22. The van der Waals surface area contributed by atoms with Crippen LogP contribution in [0.3, 0.4) is 0 Å². The van der Waals surface area contributed by atoms with E-state index in [1.54, 1.807) is 0 Å². The molecular weight excluding hydrogens is 797 g/mol. The van der Waals surface area contributed by atoms with Gasteiger partial charge in [-0.3, -0.25) is 0 Å². The molecule has 0 amide bonds.